The summed E-state index contributed by atoms with van der Waals surface area (Å²) in [6.07, 6.45) is 3.00. The lowest BCUT2D eigenvalue weighted by Crippen LogP contribution is -2.34. The maximum absolute atomic E-state index is 13.5. The van der Waals surface area contributed by atoms with Crippen molar-refractivity contribution in [1.82, 2.24) is 4.90 Å². The van der Waals surface area contributed by atoms with Gasteiger partial charge in [-0.2, -0.15) is 0 Å². The van der Waals surface area contributed by atoms with Gasteiger partial charge in [0.2, 0.25) is 5.91 Å². The standard InChI is InChI=1S/C28H28ClN3O2/c29-26(21-9-2-1-3-10-21)27(33)30-23-12-13-25(24(18-23)28(34)31-15-6-7-16-31)32-17-14-20-8-4-5-11-22(20)19-32/h1-5,8-13,18,26H,6-7,14-17,19H2,(H,30,33). The van der Waals surface area contributed by atoms with E-state index in [1.54, 1.807) is 0 Å². The number of anilines is 2. The number of amides is 2. The average Bonchev–Trinajstić information content (AvgIpc) is 3.43. The van der Waals surface area contributed by atoms with Crippen molar-refractivity contribution < 1.29 is 9.59 Å². The monoisotopic (exact) mass is 473 g/mol. The van der Waals surface area contributed by atoms with Gasteiger partial charge in [-0.3, -0.25) is 9.59 Å². The van der Waals surface area contributed by atoms with E-state index in [4.69, 9.17) is 11.6 Å². The molecule has 2 amide bonds. The van der Waals surface area contributed by atoms with E-state index in [1.807, 2.05) is 53.4 Å². The fourth-order valence-electron chi connectivity index (χ4n) is 4.83. The molecule has 0 bridgehead atoms. The van der Waals surface area contributed by atoms with Crippen LogP contribution in [-0.2, 0) is 17.8 Å². The van der Waals surface area contributed by atoms with E-state index >= 15 is 0 Å². The van der Waals surface area contributed by atoms with Crippen LogP contribution in [0.5, 0.6) is 0 Å². The van der Waals surface area contributed by atoms with Crippen molar-refractivity contribution >= 4 is 34.8 Å². The second-order valence-corrected chi connectivity index (χ2v) is 9.37. The van der Waals surface area contributed by atoms with E-state index in [1.165, 1.54) is 11.1 Å². The predicted octanol–water partition coefficient (Wildman–Crippen LogP) is 5.40. The summed E-state index contributed by atoms with van der Waals surface area (Å²) in [7, 11) is 0. The first-order valence-electron chi connectivity index (χ1n) is 11.8. The molecule has 0 aliphatic carbocycles. The normalized spacial score (nSPS) is 16.1. The summed E-state index contributed by atoms with van der Waals surface area (Å²) in [5.74, 6) is -0.292. The number of benzene rings is 3. The lowest BCUT2D eigenvalue weighted by Gasteiger charge is -2.33. The summed E-state index contributed by atoms with van der Waals surface area (Å²) in [6, 6.07) is 23.4. The quantitative estimate of drug-likeness (QED) is 0.504. The number of hydrogen-bond donors (Lipinski definition) is 1. The van der Waals surface area contributed by atoms with E-state index in [0.29, 0.717) is 11.3 Å². The van der Waals surface area contributed by atoms with Gasteiger partial charge >= 0.3 is 0 Å². The van der Waals surface area contributed by atoms with E-state index in [9.17, 15) is 9.59 Å². The maximum atomic E-state index is 13.5. The molecular formula is C28H28ClN3O2. The summed E-state index contributed by atoms with van der Waals surface area (Å²) in [6.45, 7) is 3.16. The van der Waals surface area contributed by atoms with Gasteiger partial charge in [-0.05, 0) is 54.2 Å². The van der Waals surface area contributed by atoms with Crippen molar-refractivity contribution in [3.8, 4) is 0 Å². The topological polar surface area (TPSA) is 52.7 Å². The van der Waals surface area contributed by atoms with Crippen LogP contribution in [0.3, 0.4) is 0 Å². The molecule has 2 heterocycles. The van der Waals surface area contributed by atoms with Gasteiger partial charge in [-0.25, -0.2) is 0 Å². The molecule has 0 saturated carbocycles. The highest BCUT2D eigenvalue weighted by Crippen LogP contribution is 2.32. The Kier molecular flexibility index (Phi) is 6.54. The van der Waals surface area contributed by atoms with E-state index in [-0.39, 0.29) is 11.8 Å². The van der Waals surface area contributed by atoms with Gasteiger partial charge in [0.05, 0.1) is 5.56 Å². The van der Waals surface area contributed by atoms with Crippen LogP contribution in [0.4, 0.5) is 11.4 Å². The van der Waals surface area contributed by atoms with Crippen molar-refractivity contribution in [3.63, 3.8) is 0 Å². The van der Waals surface area contributed by atoms with Gasteiger partial charge in [0.1, 0.15) is 5.38 Å². The lowest BCUT2D eigenvalue weighted by molar-refractivity contribution is -0.116. The summed E-state index contributed by atoms with van der Waals surface area (Å²) >= 11 is 6.42. The highest BCUT2D eigenvalue weighted by atomic mass is 35.5. The predicted molar refractivity (Wildman–Crippen MR) is 136 cm³/mol. The van der Waals surface area contributed by atoms with Gasteiger partial charge in [-0.1, -0.05) is 54.6 Å². The zero-order valence-electron chi connectivity index (χ0n) is 19.0. The first kappa shape index (κ1) is 22.5. The second-order valence-electron chi connectivity index (χ2n) is 8.93. The minimum atomic E-state index is -0.808. The molecule has 0 radical (unpaired) electrons. The van der Waals surface area contributed by atoms with E-state index in [0.717, 1.165) is 56.7 Å². The van der Waals surface area contributed by atoms with Crippen LogP contribution in [0.1, 0.15) is 45.3 Å². The molecule has 0 aromatic heterocycles. The molecule has 1 unspecified atom stereocenters. The number of nitrogens with one attached hydrogen (secondary N) is 1. The molecule has 5 rings (SSSR count). The van der Waals surface area contributed by atoms with Crippen LogP contribution in [0.15, 0.2) is 72.8 Å². The van der Waals surface area contributed by atoms with E-state index in [2.05, 4.69) is 34.5 Å². The Labute approximate surface area is 205 Å². The number of hydrogen-bond acceptors (Lipinski definition) is 3. The van der Waals surface area contributed by atoms with Crippen LogP contribution < -0.4 is 10.2 Å². The van der Waals surface area contributed by atoms with Crippen LogP contribution in [0.25, 0.3) is 0 Å². The molecule has 2 aliphatic heterocycles. The number of nitrogens with zero attached hydrogens (tertiary/aromatic N) is 2. The number of halogens is 1. The van der Waals surface area contributed by atoms with Gasteiger partial charge in [0.15, 0.2) is 0 Å². The molecule has 34 heavy (non-hydrogen) atoms. The molecule has 1 N–H and O–H groups in total. The fraction of sp³-hybridized carbons (Fsp3) is 0.286. The molecule has 3 aromatic rings. The Hall–Kier alpha value is -3.31. The third-order valence-corrected chi connectivity index (χ3v) is 7.13. The van der Waals surface area contributed by atoms with E-state index < -0.39 is 5.38 Å². The van der Waals surface area contributed by atoms with Crippen LogP contribution in [0.2, 0.25) is 0 Å². The number of rotatable bonds is 5. The Bertz CT molecular complexity index is 1190. The van der Waals surface area contributed by atoms with Crippen molar-refractivity contribution in [2.75, 3.05) is 29.9 Å². The minimum absolute atomic E-state index is 0.0212. The highest BCUT2D eigenvalue weighted by Gasteiger charge is 2.27. The van der Waals surface area contributed by atoms with Gasteiger partial charge in [0, 0.05) is 37.6 Å². The van der Waals surface area contributed by atoms with Crippen molar-refractivity contribution in [2.45, 2.75) is 31.2 Å². The molecule has 5 nitrogen and oxygen atoms in total. The smallest absolute Gasteiger partial charge is 0.256 e. The van der Waals surface area contributed by atoms with Crippen molar-refractivity contribution in [3.05, 3.63) is 95.1 Å². The molecule has 174 valence electrons. The van der Waals surface area contributed by atoms with Crippen molar-refractivity contribution in [1.29, 1.82) is 0 Å². The van der Waals surface area contributed by atoms with Gasteiger partial charge < -0.3 is 15.1 Å². The van der Waals surface area contributed by atoms with Gasteiger partial charge in [0.25, 0.3) is 5.91 Å². The Balaban J connectivity index is 1.43. The van der Waals surface area contributed by atoms with Gasteiger partial charge in [-0.15, -0.1) is 11.6 Å². The number of alkyl halides is 1. The summed E-state index contributed by atoms with van der Waals surface area (Å²) in [5.41, 5.74) is 5.51. The Morgan fingerprint density at radius 3 is 2.32 bits per heavy atom. The molecule has 3 aromatic carbocycles. The maximum Gasteiger partial charge on any atom is 0.256 e. The molecule has 6 heteroatoms. The lowest BCUT2D eigenvalue weighted by atomic mass is 9.98. The number of fused-ring (bicyclic) bond motifs is 1. The van der Waals surface area contributed by atoms with Crippen LogP contribution >= 0.6 is 11.6 Å². The second kappa shape index (κ2) is 9.90. The highest BCUT2D eigenvalue weighted by molar-refractivity contribution is 6.32. The van der Waals surface area contributed by atoms with Crippen LogP contribution in [0, 0.1) is 0 Å². The van der Waals surface area contributed by atoms with Crippen LogP contribution in [-0.4, -0.2) is 36.3 Å². The number of carbonyl (C=O) groups excluding carboxylic acids is 2. The minimum Gasteiger partial charge on any atom is -0.366 e. The molecule has 0 spiro atoms. The third-order valence-electron chi connectivity index (χ3n) is 6.68. The van der Waals surface area contributed by atoms with Crippen molar-refractivity contribution in [2.24, 2.45) is 0 Å². The first-order valence-corrected chi connectivity index (χ1v) is 12.3. The number of carbonyl (C=O) groups is 2. The Morgan fingerprint density at radius 1 is 0.853 bits per heavy atom. The zero-order chi connectivity index (χ0) is 23.5. The molecule has 2 aliphatic rings. The number of likely N-dealkylation sites (tertiary alicyclic amines) is 1. The summed E-state index contributed by atoms with van der Waals surface area (Å²) in [5, 5.41) is 2.10. The zero-order valence-corrected chi connectivity index (χ0v) is 19.8. The molecule has 1 saturated heterocycles. The SMILES string of the molecule is O=C(Nc1ccc(N2CCc3ccccc3C2)c(C(=O)N2CCCC2)c1)C(Cl)c1ccccc1. The fourth-order valence-corrected chi connectivity index (χ4v) is 5.03. The largest absolute Gasteiger partial charge is 0.366 e. The first-order chi connectivity index (χ1) is 16.6. The molecule has 1 fully saturated rings. The summed E-state index contributed by atoms with van der Waals surface area (Å²) in [4.78, 5) is 30.5. The summed E-state index contributed by atoms with van der Waals surface area (Å²) < 4.78 is 0. The average molecular weight is 474 g/mol. The Morgan fingerprint density at radius 2 is 1.56 bits per heavy atom. The third kappa shape index (κ3) is 4.66. The molecule has 1 atom stereocenters. The molecular weight excluding hydrogens is 446 g/mol.